The molecule has 2 aliphatic heterocycles. The average Bonchev–Trinajstić information content (AvgIpc) is 3.03. The minimum atomic E-state index is -1.17. The highest BCUT2D eigenvalue weighted by Gasteiger charge is 2.48. The lowest BCUT2D eigenvalue weighted by atomic mass is 9.81. The zero-order valence-electron chi connectivity index (χ0n) is 24.9. The summed E-state index contributed by atoms with van der Waals surface area (Å²) in [5.74, 6) is -0.233. The van der Waals surface area contributed by atoms with E-state index in [1.807, 2.05) is 54.6 Å². The fraction of sp³-hybridized carbons (Fsp3) is 0.324. The molecule has 0 saturated carbocycles. The molecule has 0 radical (unpaired) electrons. The summed E-state index contributed by atoms with van der Waals surface area (Å²) in [4.78, 5) is 42.5. The van der Waals surface area contributed by atoms with E-state index in [9.17, 15) is 29.0 Å². The molecule has 2 N–H and O–H groups in total. The van der Waals surface area contributed by atoms with E-state index in [0.29, 0.717) is 48.2 Å². The van der Waals surface area contributed by atoms with Crippen LogP contribution in [0, 0.1) is 5.82 Å². The van der Waals surface area contributed by atoms with Gasteiger partial charge in [-0.05, 0) is 76.0 Å². The summed E-state index contributed by atoms with van der Waals surface area (Å²) < 4.78 is 20.0. The normalized spacial score (nSPS) is 17.7. The van der Waals surface area contributed by atoms with Crippen molar-refractivity contribution in [1.29, 1.82) is 0 Å². The second-order valence-electron chi connectivity index (χ2n) is 11.3. The Balaban J connectivity index is 1.38. The number of carboxylic acid groups (broad SMARTS) is 2. The maximum absolute atomic E-state index is 14.1. The minimum Gasteiger partial charge on any atom is -0.492 e. The second kappa shape index (κ2) is 14.2. The lowest BCUT2D eigenvalue weighted by Crippen LogP contribution is -2.64. The van der Waals surface area contributed by atoms with Gasteiger partial charge in [0.25, 0.3) is 5.91 Å². The molecule has 3 aromatic carbocycles. The van der Waals surface area contributed by atoms with Crippen LogP contribution < -0.4 is 4.74 Å². The minimum absolute atomic E-state index is 0.0342. The van der Waals surface area contributed by atoms with Crippen molar-refractivity contribution < 1.29 is 33.7 Å². The first-order valence-electron chi connectivity index (χ1n) is 14.8. The second-order valence-corrected chi connectivity index (χ2v) is 12.2. The van der Waals surface area contributed by atoms with E-state index in [2.05, 4.69) is 15.9 Å². The lowest BCUT2D eigenvalue weighted by molar-refractivity contribution is -0.127. The number of likely N-dealkylation sites (N-methyl/N-ethyl adjacent to an activating group) is 1. The molecule has 3 aromatic rings. The zero-order valence-corrected chi connectivity index (χ0v) is 26.5. The van der Waals surface area contributed by atoms with E-state index in [1.54, 1.807) is 18.0 Å². The molecule has 1 fully saturated rings. The van der Waals surface area contributed by atoms with Crippen LogP contribution in [0.1, 0.15) is 29.5 Å². The number of benzene rings is 3. The fourth-order valence-corrected chi connectivity index (χ4v) is 6.43. The van der Waals surface area contributed by atoms with Crippen LogP contribution in [-0.2, 0) is 17.6 Å². The molecule has 2 heterocycles. The van der Waals surface area contributed by atoms with Crippen LogP contribution in [0.15, 0.2) is 82.8 Å². The van der Waals surface area contributed by atoms with E-state index in [-0.39, 0.29) is 31.2 Å². The van der Waals surface area contributed by atoms with Crippen LogP contribution in [0.2, 0.25) is 0 Å². The number of carbonyl (C=O) groups excluding carboxylic acids is 1. The van der Waals surface area contributed by atoms with Crippen LogP contribution in [0.3, 0.4) is 0 Å². The Kier molecular flexibility index (Phi) is 10.1. The quantitative estimate of drug-likeness (QED) is 0.248. The Hall–Kier alpha value is -4.38. The molecule has 45 heavy (non-hydrogen) atoms. The number of aryl methyl sites for hydroxylation is 1. The van der Waals surface area contributed by atoms with Gasteiger partial charge in [0, 0.05) is 38.3 Å². The molecule has 0 aromatic heterocycles. The van der Waals surface area contributed by atoms with Crippen molar-refractivity contribution in [2.75, 3.05) is 33.3 Å². The Morgan fingerprint density at radius 3 is 2.36 bits per heavy atom. The average molecular weight is 681 g/mol. The number of ether oxygens (including phenoxy) is 1. The number of nitrogens with zero attached hydrogens (tertiary/aromatic N) is 3. The third kappa shape index (κ3) is 7.47. The molecule has 236 valence electrons. The predicted octanol–water partition coefficient (Wildman–Crippen LogP) is 6.17. The number of hydrogen-bond donors (Lipinski definition) is 2. The third-order valence-electron chi connectivity index (χ3n) is 8.36. The van der Waals surface area contributed by atoms with Gasteiger partial charge in [0.2, 0.25) is 0 Å². The first kappa shape index (κ1) is 32.0. The maximum Gasteiger partial charge on any atom is 0.408 e. The SMILES string of the molecule is CN(CCc1ccccc1)C(=O)C1=C(c2ccc(CCCOc3cc(F)ccc3Br)cc2)C[C@@H]2CN(C(=O)O)C[C@H]1N2C(=O)O. The molecule has 0 unspecified atom stereocenters. The van der Waals surface area contributed by atoms with Crippen molar-refractivity contribution >= 4 is 39.6 Å². The van der Waals surface area contributed by atoms with Crippen LogP contribution in [0.4, 0.5) is 14.0 Å². The van der Waals surface area contributed by atoms with E-state index in [4.69, 9.17) is 4.74 Å². The highest BCUT2D eigenvalue weighted by molar-refractivity contribution is 9.10. The smallest absolute Gasteiger partial charge is 0.408 e. The first-order chi connectivity index (χ1) is 21.6. The number of hydrogen-bond acceptors (Lipinski definition) is 4. The molecule has 3 amide bonds. The van der Waals surface area contributed by atoms with Crippen molar-refractivity contribution in [3.63, 3.8) is 0 Å². The monoisotopic (exact) mass is 679 g/mol. The number of rotatable bonds is 10. The molecule has 0 aliphatic carbocycles. The zero-order chi connectivity index (χ0) is 32.1. The highest BCUT2D eigenvalue weighted by Crippen LogP contribution is 2.39. The topological polar surface area (TPSA) is 111 Å². The molecule has 0 spiro atoms. The molecule has 2 aliphatic rings. The van der Waals surface area contributed by atoms with E-state index < -0.39 is 24.3 Å². The van der Waals surface area contributed by atoms with E-state index >= 15 is 0 Å². The molecule has 2 atom stereocenters. The number of fused-ring (bicyclic) bond motifs is 2. The van der Waals surface area contributed by atoms with Gasteiger partial charge in [0.15, 0.2) is 0 Å². The molecule has 5 rings (SSSR count). The Bertz CT molecular complexity index is 1580. The van der Waals surface area contributed by atoms with Gasteiger partial charge >= 0.3 is 12.2 Å². The number of amides is 3. The summed E-state index contributed by atoms with van der Waals surface area (Å²) in [5, 5.41) is 19.9. The number of piperazine rings is 1. The van der Waals surface area contributed by atoms with Gasteiger partial charge in [-0.1, -0.05) is 54.6 Å². The van der Waals surface area contributed by atoms with Gasteiger partial charge in [-0.15, -0.1) is 0 Å². The summed E-state index contributed by atoms with van der Waals surface area (Å²) in [5.41, 5.74) is 3.99. The summed E-state index contributed by atoms with van der Waals surface area (Å²) >= 11 is 3.37. The Morgan fingerprint density at radius 2 is 1.67 bits per heavy atom. The van der Waals surface area contributed by atoms with Crippen molar-refractivity contribution in [2.45, 2.75) is 37.8 Å². The Morgan fingerprint density at radius 1 is 0.956 bits per heavy atom. The highest BCUT2D eigenvalue weighted by atomic mass is 79.9. The molecule has 2 bridgehead atoms. The van der Waals surface area contributed by atoms with Crippen molar-refractivity contribution in [3.8, 4) is 5.75 Å². The molecule has 9 nitrogen and oxygen atoms in total. The standard InChI is InChI=1S/C34H35BrFN3O6/c1-37(16-15-22-6-3-2-4-7-22)32(40)31-27(19-26-20-38(33(41)42)21-29(31)39(26)34(43)44)24-11-9-23(10-12-24)8-5-17-45-30-18-25(36)13-14-28(30)35/h2-4,6-7,9-14,18,26,29H,5,8,15-17,19-21H2,1H3,(H,41,42)(H,43,44)/t26-,29-/m1/s1. The van der Waals surface area contributed by atoms with Gasteiger partial charge < -0.3 is 24.7 Å². The summed E-state index contributed by atoms with van der Waals surface area (Å²) in [6.07, 6.45) is -0.0573. The van der Waals surface area contributed by atoms with Gasteiger partial charge in [-0.3, -0.25) is 9.69 Å². The number of carbonyl (C=O) groups is 3. The van der Waals surface area contributed by atoms with E-state index in [0.717, 1.165) is 22.3 Å². The van der Waals surface area contributed by atoms with Crippen LogP contribution in [0.5, 0.6) is 5.75 Å². The summed E-state index contributed by atoms with van der Waals surface area (Å²) in [6.45, 7) is 0.733. The van der Waals surface area contributed by atoms with Gasteiger partial charge in [-0.2, -0.15) is 0 Å². The summed E-state index contributed by atoms with van der Waals surface area (Å²) in [6, 6.07) is 20.4. The Labute approximate surface area is 269 Å². The molecular weight excluding hydrogens is 645 g/mol. The molecule has 1 saturated heterocycles. The lowest BCUT2D eigenvalue weighted by Gasteiger charge is -2.49. The maximum atomic E-state index is 14.1. The van der Waals surface area contributed by atoms with E-state index in [1.165, 1.54) is 21.9 Å². The van der Waals surface area contributed by atoms with Crippen LogP contribution in [0.25, 0.3) is 5.57 Å². The molecular formula is C34H35BrFN3O6. The predicted molar refractivity (Wildman–Crippen MR) is 171 cm³/mol. The van der Waals surface area contributed by atoms with Gasteiger partial charge in [0.1, 0.15) is 11.6 Å². The van der Waals surface area contributed by atoms with Gasteiger partial charge in [-0.25, -0.2) is 14.0 Å². The first-order valence-corrected chi connectivity index (χ1v) is 15.6. The van der Waals surface area contributed by atoms with Crippen molar-refractivity contribution in [3.05, 3.63) is 105 Å². The van der Waals surface area contributed by atoms with Crippen LogP contribution in [-0.4, -0.2) is 88.4 Å². The fourth-order valence-electron chi connectivity index (χ4n) is 6.07. The molecule has 11 heteroatoms. The number of halogens is 2. The third-order valence-corrected chi connectivity index (χ3v) is 9.02. The van der Waals surface area contributed by atoms with Crippen LogP contribution >= 0.6 is 15.9 Å². The van der Waals surface area contributed by atoms with Gasteiger partial charge in [0.05, 0.1) is 23.2 Å². The largest absolute Gasteiger partial charge is 0.492 e. The van der Waals surface area contributed by atoms with Crippen molar-refractivity contribution in [1.82, 2.24) is 14.7 Å². The summed E-state index contributed by atoms with van der Waals surface area (Å²) in [7, 11) is 1.69. The van der Waals surface area contributed by atoms with Crippen molar-refractivity contribution in [2.24, 2.45) is 0 Å².